The molecule has 3 rings (SSSR count). The third-order valence-corrected chi connectivity index (χ3v) is 3.65. The van der Waals surface area contributed by atoms with Crippen molar-refractivity contribution >= 4 is 17.8 Å². The molecular weight excluding hydrogens is 320 g/mol. The van der Waals surface area contributed by atoms with Gasteiger partial charge in [0.05, 0.1) is 16.6 Å². The lowest BCUT2D eigenvalue weighted by Crippen LogP contribution is -2.15. The maximum absolute atomic E-state index is 11.9. The van der Waals surface area contributed by atoms with Crippen LogP contribution in [0.3, 0.4) is 0 Å². The van der Waals surface area contributed by atoms with E-state index in [4.69, 9.17) is 9.47 Å². The number of nitrogens with zero attached hydrogens (tertiary/aromatic N) is 2. The van der Waals surface area contributed by atoms with E-state index >= 15 is 0 Å². The number of carbonyl (C=O) groups excluding carboxylic acids is 2. The highest BCUT2D eigenvalue weighted by Crippen LogP contribution is 2.19. The van der Waals surface area contributed by atoms with E-state index in [0.717, 1.165) is 5.52 Å². The standard InChI is InChI=1S/C19H14N2O4/c20-9-16-15(10-21-8-4-3-6-17(16)21)12-25-19(23)13-24-18-7-2-1-5-14(18)11-22/h1-8,10-11H,12-13H2. The topological polar surface area (TPSA) is 80.8 Å². The molecule has 124 valence electrons. The summed E-state index contributed by atoms with van der Waals surface area (Å²) in [6, 6.07) is 14.3. The van der Waals surface area contributed by atoms with Crippen LogP contribution in [0, 0.1) is 11.3 Å². The van der Waals surface area contributed by atoms with Crippen LogP contribution in [0.1, 0.15) is 21.5 Å². The molecule has 0 aliphatic heterocycles. The van der Waals surface area contributed by atoms with Crippen LogP contribution in [0.5, 0.6) is 5.75 Å². The number of ether oxygens (including phenoxy) is 2. The molecule has 0 amide bonds. The summed E-state index contributed by atoms with van der Waals surface area (Å²) in [5.41, 5.74) is 2.21. The number of rotatable bonds is 6. The molecule has 1 aromatic carbocycles. The van der Waals surface area contributed by atoms with Gasteiger partial charge in [0.2, 0.25) is 0 Å². The lowest BCUT2D eigenvalue weighted by atomic mass is 10.2. The van der Waals surface area contributed by atoms with E-state index in [0.29, 0.717) is 28.7 Å². The molecular formula is C19H14N2O4. The predicted molar refractivity (Wildman–Crippen MR) is 89.2 cm³/mol. The second kappa shape index (κ2) is 7.32. The quantitative estimate of drug-likeness (QED) is 0.511. The van der Waals surface area contributed by atoms with Crippen LogP contribution in [-0.2, 0) is 16.1 Å². The summed E-state index contributed by atoms with van der Waals surface area (Å²) in [7, 11) is 0. The second-order valence-electron chi connectivity index (χ2n) is 5.24. The van der Waals surface area contributed by atoms with Crippen molar-refractivity contribution in [2.24, 2.45) is 0 Å². The van der Waals surface area contributed by atoms with Crippen molar-refractivity contribution in [1.82, 2.24) is 4.40 Å². The first kappa shape index (κ1) is 16.3. The fourth-order valence-electron chi connectivity index (χ4n) is 2.46. The van der Waals surface area contributed by atoms with Crippen molar-refractivity contribution in [1.29, 1.82) is 5.26 Å². The van der Waals surface area contributed by atoms with Crippen LogP contribution < -0.4 is 4.74 Å². The maximum Gasteiger partial charge on any atom is 0.344 e. The summed E-state index contributed by atoms with van der Waals surface area (Å²) >= 11 is 0. The van der Waals surface area contributed by atoms with E-state index in [-0.39, 0.29) is 13.2 Å². The van der Waals surface area contributed by atoms with Gasteiger partial charge in [0.15, 0.2) is 12.9 Å². The van der Waals surface area contributed by atoms with Gasteiger partial charge in [0.1, 0.15) is 18.4 Å². The van der Waals surface area contributed by atoms with Gasteiger partial charge in [-0.1, -0.05) is 18.2 Å². The van der Waals surface area contributed by atoms with Gasteiger partial charge in [0.25, 0.3) is 0 Å². The molecule has 2 aromatic heterocycles. The number of carbonyl (C=O) groups is 2. The minimum absolute atomic E-state index is 0.0257. The number of pyridine rings is 1. The molecule has 0 spiro atoms. The van der Waals surface area contributed by atoms with Crippen molar-refractivity contribution < 1.29 is 19.1 Å². The maximum atomic E-state index is 11.9. The SMILES string of the molecule is N#Cc1c(COC(=O)COc2ccccc2C=O)cn2ccccc12. The van der Waals surface area contributed by atoms with E-state index in [1.807, 2.05) is 24.4 Å². The molecule has 6 heteroatoms. The van der Waals surface area contributed by atoms with Gasteiger partial charge < -0.3 is 13.9 Å². The first-order chi connectivity index (χ1) is 12.2. The number of benzene rings is 1. The normalized spacial score (nSPS) is 10.2. The van der Waals surface area contributed by atoms with Crippen LogP contribution in [-0.4, -0.2) is 23.3 Å². The number of nitriles is 1. The Balaban J connectivity index is 1.63. The lowest BCUT2D eigenvalue weighted by molar-refractivity contribution is -0.147. The van der Waals surface area contributed by atoms with Gasteiger partial charge >= 0.3 is 5.97 Å². The zero-order valence-corrected chi connectivity index (χ0v) is 13.2. The Labute approximate surface area is 143 Å². The van der Waals surface area contributed by atoms with Crippen molar-refractivity contribution in [3.8, 4) is 11.8 Å². The van der Waals surface area contributed by atoms with Gasteiger partial charge in [-0.25, -0.2) is 4.79 Å². The predicted octanol–water partition coefficient (Wildman–Crippen LogP) is 2.75. The molecule has 0 aliphatic rings. The molecule has 2 heterocycles. The van der Waals surface area contributed by atoms with Crippen LogP contribution in [0.25, 0.3) is 5.52 Å². The Hall–Kier alpha value is -3.59. The Bertz CT molecular complexity index is 969. The first-order valence-corrected chi connectivity index (χ1v) is 7.54. The molecule has 0 radical (unpaired) electrons. The highest BCUT2D eigenvalue weighted by molar-refractivity contribution is 5.79. The molecule has 0 saturated heterocycles. The van der Waals surface area contributed by atoms with Gasteiger partial charge in [-0.05, 0) is 24.3 Å². The highest BCUT2D eigenvalue weighted by atomic mass is 16.6. The van der Waals surface area contributed by atoms with Crippen LogP contribution >= 0.6 is 0 Å². The molecule has 25 heavy (non-hydrogen) atoms. The molecule has 0 bridgehead atoms. The van der Waals surface area contributed by atoms with Gasteiger partial charge in [-0.3, -0.25) is 4.79 Å². The summed E-state index contributed by atoms with van der Waals surface area (Å²) in [6.45, 7) is -0.345. The van der Waals surface area contributed by atoms with Gasteiger partial charge in [-0.15, -0.1) is 0 Å². The van der Waals surface area contributed by atoms with Crippen LogP contribution in [0.2, 0.25) is 0 Å². The fraction of sp³-hybridized carbons (Fsp3) is 0.105. The van der Waals surface area contributed by atoms with Crippen LogP contribution in [0.15, 0.2) is 54.9 Å². The van der Waals surface area contributed by atoms with E-state index in [9.17, 15) is 14.9 Å². The summed E-state index contributed by atoms with van der Waals surface area (Å²) in [6.07, 6.45) is 4.23. The van der Waals surface area contributed by atoms with Crippen LogP contribution in [0.4, 0.5) is 0 Å². The number of aromatic nitrogens is 1. The highest BCUT2D eigenvalue weighted by Gasteiger charge is 2.13. The average molecular weight is 334 g/mol. The Morgan fingerprint density at radius 3 is 2.80 bits per heavy atom. The minimum Gasteiger partial charge on any atom is -0.481 e. The number of hydrogen-bond acceptors (Lipinski definition) is 5. The minimum atomic E-state index is -0.583. The van der Waals surface area contributed by atoms with Gasteiger partial charge in [0, 0.05) is 18.0 Å². The Morgan fingerprint density at radius 1 is 1.20 bits per heavy atom. The molecule has 0 unspecified atom stereocenters. The van der Waals surface area contributed by atoms with Crippen molar-refractivity contribution in [3.05, 3.63) is 71.5 Å². The Kier molecular flexibility index (Phi) is 4.77. The molecule has 3 aromatic rings. The third kappa shape index (κ3) is 3.51. The third-order valence-electron chi connectivity index (χ3n) is 3.65. The zero-order valence-electron chi connectivity index (χ0n) is 13.2. The lowest BCUT2D eigenvalue weighted by Gasteiger charge is -2.08. The molecule has 6 nitrogen and oxygen atoms in total. The summed E-state index contributed by atoms with van der Waals surface area (Å²) in [4.78, 5) is 22.8. The van der Waals surface area contributed by atoms with E-state index in [1.165, 1.54) is 0 Å². The summed E-state index contributed by atoms with van der Waals surface area (Å²) in [5.74, 6) is -0.262. The summed E-state index contributed by atoms with van der Waals surface area (Å²) < 4.78 is 12.3. The first-order valence-electron chi connectivity index (χ1n) is 7.54. The smallest absolute Gasteiger partial charge is 0.344 e. The molecule has 0 aliphatic carbocycles. The number of esters is 1. The number of para-hydroxylation sites is 1. The van der Waals surface area contributed by atoms with Crippen molar-refractivity contribution in [2.45, 2.75) is 6.61 Å². The molecule has 0 fully saturated rings. The molecule has 0 saturated carbocycles. The van der Waals surface area contributed by atoms with E-state index in [2.05, 4.69) is 6.07 Å². The van der Waals surface area contributed by atoms with Crippen molar-refractivity contribution in [3.63, 3.8) is 0 Å². The zero-order chi connectivity index (χ0) is 17.6. The number of hydrogen-bond donors (Lipinski definition) is 0. The largest absolute Gasteiger partial charge is 0.481 e. The second-order valence-corrected chi connectivity index (χ2v) is 5.24. The number of aldehydes is 1. The van der Waals surface area contributed by atoms with Gasteiger partial charge in [-0.2, -0.15) is 5.26 Å². The summed E-state index contributed by atoms with van der Waals surface area (Å²) in [5, 5.41) is 9.32. The Morgan fingerprint density at radius 2 is 2.00 bits per heavy atom. The van der Waals surface area contributed by atoms with E-state index in [1.54, 1.807) is 34.9 Å². The van der Waals surface area contributed by atoms with E-state index < -0.39 is 5.97 Å². The van der Waals surface area contributed by atoms with Crippen molar-refractivity contribution in [2.75, 3.05) is 6.61 Å². The molecule has 0 atom stereocenters. The fourth-order valence-corrected chi connectivity index (χ4v) is 2.46. The molecule has 0 N–H and O–H groups in total. The number of fused-ring (bicyclic) bond motifs is 1. The average Bonchev–Trinajstić information content (AvgIpc) is 3.02. The monoisotopic (exact) mass is 334 g/mol.